The van der Waals surface area contributed by atoms with Gasteiger partial charge in [-0.05, 0) is 44.4 Å². The molecule has 0 spiro atoms. The number of hydrogen-bond acceptors (Lipinski definition) is 1. The second-order valence-corrected chi connectivity index (χ2v) is 4.62. The molecule has 1 aliphatic carbocycles. The Hall–Kier alpha value is -0.790. The lowest BCUT2D eigenvalue weighted by Gasteiger charge is -2.27. The Kier molecular flexibility index (Phi) is 3.73. The summed E-state index contributed by atoms with van der Waals surface area (Å²) in [5.41, 5.74) is 1.74. The second kappa shape index (κ2) is 4.63. The van der Waals surface area contributed by atoms with E-state index in [1.54, 1.807) is 6.92 Å². The van der Waals surface area contributed by atoms with E-state index in [1.807, 2.05) is 0 Å². The number of allylic oxidation sites excluding steroid dienone is 1. The fraction of sp³-hybridized carbons (Fsp3) is 0.750. The number of carboxylic acid groups (broad SMARTS) is 1. The Labute approximate surface area is 86.0 Å². The summed E-state index contributed by atoms with van der Waals surface area (Å²) in [6, 6.07) is 0. The first-order valence-electron chi connectivity index (χ1n) is 5.44. The zero-order chi connectivity index (χ0) is 10.7. The van der Waals surface area contributed by atoms with Crippen molar-refractivity contribution in [3.63, 3.8) is 0 Å². The van der Waals surface area contributed by atoms with Crippen LogP contribution < -0.4 is 0 Å². The lowest BCUT2D eigenvalue weighted by atomic mass is 9.78. The molecule has 1 rings (SSSR count). The zero-order valence-electron chi connectivity index (χ0n) is 9.34. The van der Waals surface area contributed by atoms with Gasteiger partial charge in [-0.25, -0.2) is 4.79 Å². The highest BCUT2D eigenvalue weighted by Crippen LogP contribution is 2.34. The van der Waals surface area contributed by atoms with Crippen molar-refractivity contribution in [2.75, 3.05) is 0 Å². The summed E-state index contributed by atoms with van der Waals surface area (Å²) in [4.78, 5) is 10.8. The average Bonchev–Trinajstić information content (AvgIpc) is 2.16. The molecule has 1 aliphatic rings. The van der Waals surface area contributed by atoms with E-state index in [2.05, 4.69) is 13.8 Å². The molecule has 2 heteroatoms. The number of carboxylic acids is 1. The molecule has 2 nitrogen and oxygen atoms in total. The van der Waals surface area contributed by atoms with E-state index in [-0.39, 0.29) is 0 Å². The standard InChI is InChI=1S/C12H20O2/c1-8(2)10-4-6-11(7-5-10)9(3)12(13)14/h8,10H,4-7H2,1-3H3,(H,13,14). The molecule has 0 atom stereocenters. The average molecular weight is 196 g/mol. The van der Waals surface area contributed by atoms with Gasteiger partial charge in [0.1, 0.15) is 0 Å². The lowest BCUT2D eigenvalue weighted by molar-refractivity contribution is -0.132. The van der Waals surface area contributed by atoms with Crippen molar-refractivity contribution in [3.8, 4) is 0 Å². The lowest BCUT2D eigenvalue weighted by Crippen LogP contribution is -2.15. The Bertz CT molecular complexity index is 241. The first-order valence-corrected chi connectivity index (χ1v) is 5.44. The molecule has 1 N–H and O–H groups in total. The van der Waals surface area contributed by atoms with Crippen molar-refractivity contribution in [3.05, 3.63) is 11.1 Å². The summed E-state index contributed by atoms with van der Waals surface area (Å²) in [5, 5.41) is 8.85. The van der Waals surface area contributed by atoms with E-state index in [9.17, 15) is 4.79 Å². The van der Waals surface area contributed by atoms with Gasteiger partial charge in [-0.2, -0.15) is 0 Å². The van der Waals surface area contributed by atoms with Crippen LogP contribution in [0.15, 0.2) is 11.1 Å². The maximum atomic E-state index is 10.8. The van der Waals surface area contributed by atoms with Gasteiger partial charge in [-0.1, -0.05) is 19.4 Å². The van der Waals surface area contributed by atoms with Crippen molar-refractivity contribution < 1.29 is 9.90 Å². The zero-order valence-corrected chi connectivity index (χ0v) is 9.34. The minimum Gasteiger partial charge on any atom is -0.478 e. The van der Waals surface area contributed by atoms with Gasteiger partial charge in [-0.3, -0.25) is 0 Å². The topological polar surface area (TPSA) is 37.3 Å². The highest BCUT2D eigenvalue weighted by atomic mass is 16.4. The molecular weight excluding hydrogens is 176 g/mol. The van der Waals surface area contributed by atoms with E-state index in [4.69, 9.17) is 5.11 Å². The smallest absolute Gasteiger partial charge is 0.331 e. The molecule has 14 heavy (non-hydrogen) atoms. The van der Waals surface area contributed by atoms with Crippen molar-refractivity contribution in [2.45, 2.75) is 46.5 Å². The van der Waals surface area contributed by atoms with Crippen LogP contribution in [0.1, 0.15) is 46.5 Å². The molecule has 0 bridgehead atoms. The van der Waals surface area contributed by atoms with E-state index >= 15 is 0 Å². The second-order valence-electron chi connectivity index (χ2n) is 4.62. The van der Waals surface area contributed by atoms with Gasteiger partial charge in [0.15, 0.2) is 0 Å². The van der Waals surface area contributed by atoms with Gasteiger partial charge < -0.3 is 5.11 Å². The molecule has 0 aromatic heterocycles. The molecule has 0 heterocycles. The number of hydrogen-bond donors (Lipinski definition) is 1. The predicted octanol–water partition coefficient (Wildman–Crippen LogP) is 3.23. The summed E-state index contributed by atoms with van der Waals surface area (Å²) in [7, 11) is 0. The Morgan fingerprint density at radius 3 is 2.21 bits per heavy atom. The van der Waals surface area contributed by atoms with Gasteiger partial charge in [0.05, 0.1) is 0 Å². The maximum absolute atomic E-state index is 10.8. The minimum atomic E-state index is -0.747. The fourth-order valence-electron chi connectivity index (χ4n) is 2.18. The monoisotopic (exact) mass is 196 g/mol. The van der Waals surface area contributed by atoms with Crippen LogP contribution >= 0.6 is 0 Å². The maximum Gasteiger partial charge on any atom is 0.331 e. The third kappa shape index (κ3) is 2.60. The molecule has 0 unspecified atom stereocenters. The molecule has 0 saturated heterocycles. The van der Waals surface area contributed by atoms with Crippen molar-refractivity contribution in [1.82, 2.24) is 0 Å². The van der Waals surface area contributed by atoms with Crippen LogP contribution in [0.4, 0.5) is 0 Å². The van der Waals surface area contributed by atoms with Crippen molar-refractivity contribution >= 4 is 5.97 Å². The van der Waals surface area contributed by atoms with E-state index in [0.29, 0.717) is 5.57 Å². The molecule has 0 amide bonds. The van der Waals surface area contributed by atoms with Crippen molar-refractivity contribution in [1.29, 1.82) is 0 Å². The summed E-state index contributed by atoms with van der Waals surface area (Å²) >= 11 is 0. The normalized spacial score (nSPS) is 22.6. The van der Waals surface area contributed by atoms with Crippen molar-refractivity contribution in [2.24, 2.45) is 11.8 Å². The molecule has 0 aliphatic heterocycles. The minimum absolute atomic E-state index is 0.576. The Morgan fingerprint density at radius 1 is 1.36 bits per heavy atom. The summed E-state index contributed by atoms with van der Waals surface area (Å²) < 4.78 is 0. The van der Waals surface area contributed by atoms with Gasteiger partial charge >= 0.3 is 5.97 Å². The van der Waals surface area contributed by atoms with Crippen LogP contribution in [-0.2, 0) is 4.79 Å². The summed E-state index contributed by atoms with van der Waals surface area (Å²) in [5.74, 6) is 0.782. The molecule has 0 aromatic carbocycles. The van der Waals surface area contributed by atoms with Crippen LogP contribution in [0.2, 0.25) is 0 Å². The Balaban J connectivity index is 2.59. The molecule has 80 valence electrons. The molecular formula is C12H20O2. The summed E-state index contributed by atoms with van der Waals surface area (Å²) in [6.45, 7) is 6.24. The van der Waals surface area contributed by atoms with E-state index in [1.165, 1.54) is 0 Å². The predicted molar refractivity (Wildman–Crippen MR) is 57.1 cm³/mol. The van der Waals surface area contributed by atoms with Gasteiger partial charge in [0, 0.05) is 5.57 Å². The molecule has 0 aromatic rings. The third-order valence-corrected chi connectivity index (χ3v) is 3.43. The van der Waals surface area contributed by atoms with Gasteiger partial charge in [-0.15, -0.1) is 0 Å². The molecule has 1 fully saturated rings. The SMILES string of the molecule is CC(C(=O)O)=C1CCC(C(C)C)CC1. The van der Waals surface area contributed by atoms with E-state index < -0.39 is 5.97 Å². The fourth-order valence-corrected chi connectivity index (χ4v) is 2.18. The first kappa shape index (κ1) is 11.3. The van der Waals surface area contributed by atoms with Crippen LogP contribution in [0.3, 0.4) is 0 Å². The highest BCUT2D eigenvalue weighted by Gasteiger charge is 2.21. The number of rotatable bonds is 2. The Morgan fingerprint density at radius 2 is 1.86 bits per heavy atom. The van der Waals surface area contributed by atoms with Gasteiger partial charge in [0.25, 0.3) is 0 Å². The number of aliphatic carboxylic acids is 1. The van der Waals surface area contributed by atoms with Crippen LogP contribution in [0.25, 0.3) is 0 Å². The molecule has 1 saturated carbocycles. The summed E-state index contributed by atoms with van der Waals surface area (Å²) in [6.07, 6.45) is 4.30. The molecule has 0 radical (unpaired) electrons. The quantitative estimate of drug-likeness (QED) is 0.688. The third-order valence-electron chi connectivity index (χ3n) is 3.43. The van der Waals surface area contributed by atoms with Crippen LogP contribution in [0.5, 0.6) is 0 Å². The first-order chi connectivity index (χ1) is 6.52. The number of carbonyl (C=O) groups is 1. The largest absolute Gasteiger partial charge is 0.478 e. The van der Waals surface area contributed by atoms with Crippen LogP contribution in [0, 0.1) is 11.8 Å². The highest BCUT2D eigenvalue weighted by molar-refractivity contribution is 5.86. The van der Waals surface area contributed by atoms with E-state index in [0.717, 1.165) is 43.1 Å². The van der Waals surface area contributed by atoms with Crippen LogP contribution in [-0.4, -0.2) is 11.1 Å². The van der Waals surface area contributed by atoms with Gasteiger partial charge in [0.2, 0.25) is 0 Å².